The van der Waals surface area contributed by atoms with E-state index in [-0.39, 0.29) is 24.1 Å². The summed E-state index contributed by atoms with van der Waals surface area (Å²) in [6.07, 6.45) is 1.33. The number of halogens is 1. The molecular formula is C23H22ClN3O4. The predicted octanol–water partition coefficient (Wildman–Crippen LogP) is 2.88. The van der Waals surface area contributed by atoms with Crippen molar-refractivity contribution >= 4 is 35.2 Å². The van der Waals surface area contributed by atoms with Crippen LogP contribution in [0.4, 0.5) is 0 Å². The maximum absolute atomic E-state index is 12.9. The third-order valence-corrected chi connectivity index (χ3v) is 5.15. The van der Waals surface area contributed by atoms with E-state index >= 15 is 0 Å². The van der Waals surface area contributed by atoms with Crippen LogP contribution in [0.5, 0.6) is 0 Å². The molecule has 0 aliphatic carbocycles. The first kappa shape index (κ1) is 22.4. The fraction of sp³-hybridized carbons (Fsp3) is 0.217. The number of hydrogen-bond acceptors (Lipinski definition) is 5. The Labute approximate surface area is 185 Å². The summed E-state index contributed by atoms with van der Waals surface area (Å²) in [5.41, 5.74) is 2.63. The number of benzene rings is 2. The van der Waals surface area contributed by atoms with Gasteiger partial charge in [-0.3, -0.25) is 14.8 Å². The second-order valence-corrected chi connectivity index (χ2v) is 7.20. The van der Waals surface area contributed by atoms with Crippen molar-refractivity contribution in [2.75, 3.05) is 13.1 Å². The highest BCUT2D eigenvalue weighted by molar-refractivity contribution is 5.96. The van der Waals surface area contributed by atoms with Crippen LogP contribution >= 0.6 is 12.4 Å². The molecule has 0 saturated carbocycles. The van der Waals surface area contributed by atoms with Gasteiger partial charge in [0.05, 0.1) is 0 Å². The van der Waals surface area contributed by atoms with Gasteiger partial charge in [0, 0.05) is 16.5 Å². The number of hydroxylamine groups is 1. The van der Waals surface area contributed by atoms with E-state index in [4.69, 9.17) is 9.62 Å². The molecule has 1 aromatic heterocycles. The molecule has 4 rings (SSSR count). The van der Waals surface area contributed by atoms with Crippen molar-refractivity contribution < 1.29 is 19.2 Å². The lowest BCUT2D eigenvalue weighted by Crippen LogP contribution is -2.53. The minimum absolute atomic E-state index is 0. The fourth-order valence-corrected chi connectivity index (χ4v) is 3.47. The number of carbonyl (C=O) groups is 2. The van der Waals surface area contributed by atoms with Gasteiger partial charge >= 0.3 is 0 Å². The zero-order valence-corrected chi connectivity index (χ0v) is 17.4. The quantitative estimate of drug-likeness (QED) is 0.285. The Morgan fingerprint density at radius 3 is 2.42 bits per heavy atom. The van der Waals surface area contributed by atoms with E-state index in [9.17, 15) is 9.59 Å². The third kappa shape index (κ3) is 5.06. The summed E-state index contributed by atoms with van der Waals surface area (Å²) in [6, 6.07) is 15.8. The Morgan fingerprint density at radius 1 is 1.03 bits per heavy atom. The van der Waals surface area contributed by atoms with Crippen LogP contribution in [0.15, 0.2) is 59.0 Å². The van der Waals surface area contributed by atoms with Crippen molar-refractivity contribution in [1.29, 1.82) is 0 Å². The average molecular weight is 440 g/mol. The zero-order valence-electron chi connectivity index (χ0n) is 16.6. The predicted molar refractivity (Wildman–Crippen MR) is 118 cm³/mol. The Morgan fingerprint density at radius 2 is 1.74 bits per heavy atom. The van der Waals surface area contributed by atoms with Crippen LogP contribution in [0.1, 0.15) is 39.3 Å². The molecule has 0 bridgehead atoms. The molecule has 0 atom stereocenters. The third-order valence-electron chi connectivity index (χ3n) is 5.15. The highest BCUT2D eigenvalue weighted by Crippen LogP contribution is 2.22. The number of fused-ring (bicyclic) bond motifs is 1. The SMILES string of the molecule is Cl.O=C(NO)c1ccc(C#CC2(NC(=O)c3cc4ccccc4o3)CCNCC2)cc1. The first-order chi connectivity index (χ1) is 14.6. The molecule has 7 nitrogen and oxygen atoms in total. The molecule has 1 fully saturated rings. The van der Waals surface area contributed by atoms with E-state index in [0.717, 1.165) is 18.5 Å². The number of rotatable bonds is 3. The van der Waals surface area contributed by atoms with Crippen molar-refractivity contribution in [1.82, 2.24) is 16.1 Å². The smallest absolute Gasteiger partial charge is 0.288 e. The molecule has 0 unspecified atom stereocenters. The van der Waals surface area contributed by atoms with Gasteiger partial charge in [-0.1, -0.05) is 30.0 Å². The summed E-state index contributed by atoms with van der Waals surface area (Å²) >= 11 is 0. The van der Waals surface area contributed by atoms with Crippen LogP contribution < -0.4 is 16.1 Å². The molecule has 0 spiro atoms. The van der Waals surface area contributed by atoms with E-state index in [0.29, 0.717) is 29.6 Å². The molecule has 3 aromatic rings. The molecule has 2 heterocycles. The van der Waals surface area contributed by atoms with E-state index in [1.165, 1.54) is 0 Å². The number of furan rings is 1. The largest absolute Gasteiger partial charge is 0.451 e. The first-order valence-corrected chi connectivity index (χ1v) is 9.68. The van der Waals surface area contributed by atoms with Crippen LogP contribution in [-0.2, 0) is 0 Å². The number of piperidine rings is 1. The number of carbonyl (C=O) groups excluding carboxylic acids is 2. The molecule has 1 aliphatic heterocycles. The Balaban J connectivity index is 0.00000272. The molecule has 1 aliphatic rings. The van der Waals surface area contributed by atoms with E-state index < -0.39 is 11.4 Å². The molecular weight excluding hydrogens is 418 g/mol. The number of para-hydroxylation sites is 1. The van der Waals surface area contributed by atoms with Crippen LogP contribution in [0, 0.1) is 11.8 Å². The summed E-state index contributed by atoms with van der Waals surface area (Å²) in [7, 11) is 0. The van der Waals surface area contributed by atoms with Crippen molar-refractivity contribution in [3.8, 4) is 11.8 Å². The van der Waals surface area contributed by atoms with Gasteiger partial charge in [-0.05, 0) is 62.3 Å². The molecule has 2 aromatic carbocycles. The number of hydrogen-bond donors (Lipinski definition) is 4. The van der Waals surface area contributed by atoms with Crippen LogP contribution in [0.2, 0.25) is 0 Å². The average Bonchev–Trinajstić information content (AvgIpc) is 3.23. The zero-order chi connectivity index (χ0) is 21.0. The monoisotopic (exact) mass is 439 g/mol. The highest BCUT2D eigenvalue weighted by Gasteiger charge is 2.33. The Bertz CT molecular complexity index is 1110. The van der Waals surface area contributed by atoms with Gasteiger partial charge < -0.3 is 15.1 Å². The molecule has 31 heavy (non-hydrogen) atoms. The molecule has 160 valence electrons. The fourth-order valence-electron chi connectivity index (χ4n) is 3.47. The molecule has 8 heteroatoms. The van der Waals surface area contributed by atoms with Crippen molar-refractivity contribution in [2.24, 2.45) is 0 Å². The maximum atomic E-state index is 12.9. The van der Waals surface area contributed by atoms with Crippen LogP contribution in [-0.4, -0.2) is 35.7 Å². The van der Waals surface area contributed by atoms with Gasteiger partial charge in [0.15, 0.2) is 5.76 Å². The van der Waals surface area contributed by atoms with E-state index in [1.807, 2.05) is 24.3 Å². The first-order valence-electron chi connectivity index (χ1n) is 9.68. The van der Waals surface area contributed by atoms with Crippen molar-refractivity contribution in [2.45, 2.75) is 18.4 Å². The van der Waals surface area contributed by atoms with E-state index in [2.05, 4.69) is 22.5 Å². The summed E-state index contributed by atoms with van der Waals surface area (Å²) in [5, 5.41) is 15.9. The minimum atomic E-state index is -0.678. The lowest BCUT2D eigenvalue weighted by molar-refractivity contribution is 0.0706. The molecule has 1 saturated heterocycles. The Kier molecular flexibility index (Phi) is 6.98. The van der Waals surface area contributed by atoms with Crippen LogP contribution in [0.25, 0.3) is 11.0 Å². The van der Waals surface area contributed by atoms with Crippen molar-refractivity contribution in [3.05, 3.63) is 71.5 Å². The molecule has 2 amide bonds. The van der Waals surface area contributed by atoms with Gasteiger partial charge in [0.2, 0.25) is 0 Å². The standard InChI is InChI=1S/C23H21N3O4.ClH/c27-21(26-29)17-7-5-16(6-8-17)9-10-23(11-13-24-14-12-23)25-22(28)20-15-18-3-1-2-4-19(18)30-20;/h1-8,15,24,29H,11-14H2,(H,25,28)(H,26,27);1H. The highest BCUT2D eigenvalue weighted by atomic mass is 35.5. The maximum Gasteiger partial charge on any atom is 0.288 e. The second-order valence-electron chi connectivity index (χ2n) is 7.20. The summed E-state index contributed by atoms with van der Waals surface area (Å²) < 4.78 is 5.69. The Hall–Kier alpha value is -3.31. The number of amides is 2. The van der Waals surface area contributed by atoms with Gasteiger partial charge in [0.25, 0.3) is 11.8 Å². The summed E-state index contributed by atoms with van der Waals surface area (Å²) in [4.78, 5) is 24.3. The van der Waals surface area contributed by atoms with Gasteiger partial charge in [0.1, 0.15) is 11.1 Å². The minimum Gasteiger partial charge on any atom is -0.451 e. The van der Waals surface area contributed by atoms with Crippen molar-refractivity contribution in [3.63, 3.8) is 0 Å². The van der Waals surface area contributed by atoms with E-state index in [1.54, 1.807) is 35.8 Å². The lowest BCUT2D eigenvalue weighted by atomic mass is 9.88. The van der Waals surface area contributed by atoms with Crippen LogP contribution in [0.3, 0.4) is 0 Å². The topological polar surface area (TPSA) is 104 Å². The molecule has 0 radical (unpaired) electrons. The van der Waals surface area contributed by atoms with Gasteiger partial charge in [-0.25, -0.2) is 5.48 Å². The lowest BCUT2D eigenvalue weighted by Gasteiger charge is -2.33. The van der Waals surface area contributed by atoms with Gasteiger partial charge in [-0.2, -0.15) is 0 Å². The number of nitrogens with one attached hydrogen (secondary N) is 3. The van der Waals surface area contributed by atoms with Gasteiger partial charge in [-0.15, -0.1) is 12.4 Å². The molecule has 4 N–H and O–H groups in total. The second kappa shape index (κ2) is 9.67. The summed E-state index contributed by atoms with van der Waals surface area (Å²) in [6.45, 7) is 1.48. The summed E-state index contributed by atoms with van der Waals surface area (Å²) in [5.74, 6) is 5.72. The normalized spacial score (nSPS) is 14.6.